The number of carbonyl (C=O) groups excluding carboxylic acids is 3. The molecule has 2 heterocycles. The molecule has 0 radical (unpaired) electrons. The largest absolute Gasteiger partial charge is 0.333 e. The van der Waals surface area contributed by atoms with Crippen molar-refractivity contribution in [3.8, 4) is 11.1 Å². The Kier molecular flexibility index (Phi) is 5.10. The molecule has 2 saturated heterocycles. The summed E-state index contributed by atoms with van der Waals surface area (Å²) in [6, 6.07) is 17.8. The van der Waals surface area contributed by atoms with Gasteiger partial charge >= 0.3 is 0 Å². The predicted octanol–water partition coefficient (Wildman–Crippen LogP) is 2.15. The van der Waals surface area contributed by atoms with E-state index in [-0.39, 0.29) is 30.8 Å². The molecule has 2 aliphatic heterocycles. The molecule has 6 heteroatoms. The summed E-state index contributed by atoms with van der Waals surface area (Å²) in [6.45, 7) is 1.66. The number of benzene rings is 2. The zero-order valence-electron chi connectivity index (χ0n) is 15.7. The molecule has 0 N–H and O–H groups in total. The monoisotopic (exact) mass is 377 g/mol. The van der Waals surface area contributed by atoms with Crippen LogP contribution in [0, 0.1) is 0 Å². The van der Waals surface area contributed by atoms with Crippen molar-refractivity contribution in [2.75, 3.05) is 37.6 Å². The third kappa shape index (κ3) is 3.63. The molecule has 28 heavy (non-hydrogen) atoms. The van der Waals surface area contributed by atoms with Crippen LogP contribution in [-0.4, -0.2) is 60.2 Å². The van der Waals surface area contributed by atoms with Crippen LogP contribution in [0.4, 0.5) is 5.69 Å². The van der Waals surface area contributed by atoms with Crippen LogP contribution in [-0.2, 0) is 14.4 Å². The van der Waals surface area contributed by atoms with Gasteiger partial charge in [0.05, 0.1) is 12.2 Å². The lowest BCUT2D eigenvalue weighted by molar-refractivity contribution is -0.141. The number of anilines is 1. The first-order chi connectivity index (χ1) is 13.6. The maximum Gasteiger partial charge on any atom is 0.246 e. The Hall–Kier alpha value is -3.15. The molecule has 4 rings (SSSR count). The minimum Gasteiger partial charge on any atom is -0.333 e. The summed E-state index contributed by atoms with van der Waals surface area (Å²) in [5, 5.41) is 0. The summed E-state index contributed by atoms with van der Waals surface area (Å²) in [5.41, 5.74) is 2.91. The molecule has 144 valence electrons. The number of likely N-dealkylation sites (tertiary alicyclic amines) is 1. The highest BCUT2D eigenvalue weighted by molar-refractivity contribution is 6.01. The smallest absolute Gasteiger partial charge is 0.246 e. The maximum absolute atomic E-state index is 12.8. The second-order valence-corrected chi connectivity index (χ2v) is 7.16. The number of piperazine rings is 1. The molecule has 6 nitrogen and oxygen atoms in total. The normalized spacial score (nSPS) is 17.4. The summed E-state index contributed by atoms with van der Waals surface area (Å²) < 4.78 is 0. The molecule has 2 aromatic carbocycles. The van der Waals surface area contributed by atoms with E-state index in [1.54, 1.807) is 14.7 Å². The second-order valence-electron chi connectivity index (χ2n) is 7.16. The van der Waals surface area contributed by atoms with E-state index < -0.39 is 0 Å². The van der Waals surface area contributed by atoms with Crippen LogP contribution in [0.2, 0.25) is 0 Å². The minimum atomic E-state index is -0.153. The Balaban J connectivity index is 1.47. The van der Waals surface area contributed by atoms with E-state index in [1.165, 1.54) is 0 Å². The van der Waals surface area contributed by atoms with Gasteiger partial charge in [0.25, 0.3) is 0 Å². The summed E-state index contributed by atoms with van der Waals surface area (Å²) >= 11 is 0. The molecule has 0 aromatic heterocycles. The number of hydrogen-bond acceptors (Lipinski definition) is 3. The van der Waals surface area contributed by atoms with Gasteiger partial charge in [-0.25, -0.2) is 0 Å². The van der Waals surface area contributed by atoms with E-state index >= 15 is 0 Å². The molecule has 0 atom stereocenters. The van der Waals surface area contributed by atoms with Crippen molar-refractivity contribution in [3.63, 3.8) is 0 Å². The van der Waals surface area contributed by atoms with Crippen LogP contribution in [0.5, 0.6) is 0 Å². The summed E-state index contributed by atoms with van der Waals surface area (Å²) in [7, 11) is 0. The molecule has 2 aromatic rings. The van der Waals surface area contributed by atoms with Gasteiger partial charge in [-0.3, -0.25) is 14.4 Å². The van der Waals surface area contributed by atoms with Crippen LogP contribution in [0.25, 0.3) is 11.1 Å². The quantitative estimate of drug-likeness (QED) is 0.820. The van der Waals surface area contributed by atoms with Crippen molar-refractivity contribution in [2.24, 2.45) is 0 Å². The zero-order chi connectivity index (χ0) is 19.5. The zero-order valence-corrected chi connectivity index (χ0v) is 15.7. The molecule has 3 amide bonds. The fourth-order valence-electron chi connectivity index (χ4n) is 3.85. The fraction of sp³-hybridized carbons (Fsp3) is 0.318. The number of amides is 3. The number of rotatable bonds is 4. The lowest BCUT2D eigenvalue weighted by Gasteiger charge is -2.36. The topological polar surface area (TPSA) is 60.9 Å². The molecule has 0 saturated carbocycles. The van der Waals surface area contributed by atoms with Gasteiger partial charge in [0.2, 0.25) is 17.7 Å². The minimum absolute atomic E-state index is 0.0232. The molecule has 0 spiro atoms. The Morgan fingerprint density at radius 3 is 2.32 bits per heavy atom. The van der Waals surface area contributed by atoms with Gasteiger partial charge in [-0.2, -0.15) is 0 Å². The van der Waals surface area contributed by atoms with Crippen LogP contribution >= 0.6 is 0 Å². The fourth-order valence-corrected chi connectivity index (χ4v) is 3.85. The molecule has 2 aliphatic rings. The Labute approximate surface area is 164 Å². The average Bonchev–Trinajstić information content (AvgIpc) is 3.13. The molecule has 0 aliphatic carbocycles. The number of carbonyl (C=O) groups is 3. The van der Waals surface area contributed by atoms with E-state index in [0.717, 1.165) is 23.2 Å². The van der Waals surface area contributed by atoms with Crippen LogP contribution in [0.3, 0.4) is 0 Å². The van der Waals surface area contributed by atoms with Crippen molar-refractivity contribution in [2.45, 2.75) is 12.8 Å². The van der Waals surface area contributed by atoms with Gasteiger partial charge in [0, 0.05) is 31.6 Å². The molecular weight excluding hydrogens is 354 g/mol. The second kappa shape index (κ2) is 7.84. The van der Waals surface area contributed by atoms with Gasteiger partial charge < -0.3 is 14.7 Å². The van der Waals surface area contributed by atoms with E-state index in [0.29, 0.717) is 26.1 Å². The van der Waals surface area contributed by atoms with Crippen molar-refractivity contribution in [1.29, 1.82) is 0 Å². The number of hydrogen-bond donors (Lipinski definition) is 0. The number of nitrogens with zero attached hydrogens (tertiary/aromatic N) is 3. The Bertz CT molecular complexity index is 897. The van der Waals surface area contributed by atoms with E-state index in [4.69, 9.17) is 0 Å². The van der Waals surface area contributed by atoms with Crippen molar-refractivity contribution in [1.82, 2.24) is 9.80 Å². The lowest BCUT2D eigenvalue weighted by Crippen LogP contribution is -2.54. The Morgan fingerprint density at radius 1 is 0.857 bits per heavy atom. The predicted molar refractivity (Wildman–Crippen MR) is 107 cm³/mol. The summed E-state index contributed by atoms with van der Waals surface area (Å²) in [5.74, 6) is -0.231. The van der Waals surface area contributed by atoms with Gasteiger partial charge in [-0.05, 0) is 18.1 Å². The lowest BCUT2D eigenvalue weighted by atomic mass is 10.0. The standard InChI is InChI=1S/C22H23N3O3/c26-20-11-6-12-23(20)15-21(27)24-13-14-25(22(28)16-24)19-10-5-4-9-18(19)17-7-2-1-3-8-17/h1-5,7-10H,6,11-16H2. The third-order valence-corrected chi connectivity index (χ3v) is 5.35. The SMILES string of the molecule is O=C1CCCN1CC(=O)N1CCN(c2ccccc2-c2ccccc2)C(=O)C1. The summed E-state index contributed by atoms with van der Waals surface area (Å²) in [4.78, 5) is 42.0. The van der Waals surface area contributed by atoms with Crippen molar-refractivity contribution < 1.29 is 14.4 Å². The summed E-state index contributed by atoms with van der Waals surface area (Å²) in [6.07, 6.45) is 1.31. The third-order valence-electron chi connectivity index (χ3n) is 5.35. The highest BCUT2D eigenvalue weighted by Crippen LogP contribution is 2.31. The van der Waals surface area contributed by atoms with Gasteiger partial charge in [-0.15, -0.1) is 0 Å². The highest BCUT2D eigenvalue weighted by Gasteiger charge is 2.31. The first-order valence-corrected chi connectivity index (χ1v) is 9.64. The molecule has 2 fully saturated rings. The average molecular weight is 377 g/mol. The van der Waals surface area contributed by atoms with Crippen LogP contribution in [0.15, 0.2) is 54.6 Å². The van der Waals surface area contributed by atoms with Gasteiger partial charge in [-0.1, -0.05) is 48.5 Å². The number of para-hydroxylation sites is 1. The van der Waals surface area contributed by atoms with Gasteiger partial charge in [0.1, 0.15) is 6.54 Å². The molecule has 0 unspecified atom stereocenters. The molecular formula is C22H23N3O3. The van der Waals surface area contributed by atoms with Crippen LogP contribution < -0.4 is 4.90 Å². The Morgan fingerprint density at radius 2 is 1.61 bits per heavy atom. The maximum atomic E-state index is 12.8. The first kappa shape index (κ1) is 18.2. The van der Waals surface area contributed by atoms with E-state index in [9.17, 15) is 14.4 Å². The highest BCUT2D eigenvalue weighted by atomic mass is 16.2. The van der Waals surface area contributed by atoms with Crippen molar-refractivity contribution >= 4 is 23.4 Å². The van der Waals surface area contributed by atoms with E-state index in [2.05, 4.69) is 0 Å². The van der Waals surface area contributed by atoms with Crippen LogP contribution in [0.1, 0.15) is 12.8 Å². The first-order valence-electron chi connectivity index (χ1n) is 9.64. The molecule has 0 bridgehead atoms. The van der Waals surface area contributed by atoms with Crippen molar-refractivity contribution in [3.05, 3.63) is 54.6 Å². The van der Waals surface area contributed by atoms with Gasteiger partial charge in [0.15, 0.2) is 0 Å². The van der Waals surface area contributed by atoms with E-state index in [1.807, 2.05) is 54.6 Å².